The lowest BCUT2D eigenvalue weighted by Gasteiger charge is -2.28. The Hall–Kier alpha value is -2.37. The Labute approximate surface area is 139 Å². The van der Waals surface area contributed by atoms with Crippen molar-refractivity contribution in [3.05, 3.63) is 39.0 Å². The summed E-state index contributed by atoms with van der Waals surface area (Å²) in [5, 5.41) is 3.09. The summed E-state index contributed by atoms with van der Waals surface area (Å²) in [5.41, 5.74) is 0.388. The lowest BCUT2D eigenvalue weighted by atomic mass is 9.84. The van der Waals surface area contributed by atoms with Crippen molar-refractivity contribution < 1.29 is 4.79 Å². The lowest BCUT2D eigenvalue weighted by molar-refractivity contribution is -0.114. The highest BCUT2D eigenvalue weighted by molar-refractivity contribution is 5.91. The molecule has 0 radical (unpaired) electrons. The number of hydrogen-bond donors (Lipinski definition) is 2. The van der Waals surface area contributed by atoms with Crippen molar-refractivity contribution in [3.63, 3.8) is 0 Å². The number of nitrogens with one attached hydrogen (secondary N) is 2. The van der Waals surface area contributed by atoms with Gasteiger partial charge in [0.05, 0.1) is 10.9 Å². The van der Waals surface area contributed by atoms with Crippen LogP contribution in [-0.4, -0.2) is 15.5 Å². The van der Waals surface area contributed by atoms with Crippen molar-refractivity contribution in [1.82, 2.24) is 9.55 Å². The molecule has 24 heavy (non-hydrogen) atoms. The van der Waals surface area contributed by atoms with Gasteiger partial charge in [0.2, 0.25) is 5.91 Å². The lowest BCUT2D eigenvalue weighted by Crippen LogP contribution is -2.40. The molecule has 6 nitrogen and oxygen atoms in total. The van der Waals surface area contributed by atoms with Crippen molar-refractivity contribution in [2.24, 2.45) is 5.92 Å². The van der Waals surface area contributed by atoms with Crippen LogP contribution in [0.5, 0.6) is 0 Å². The summed E-state index contributed by atoms with van der Waals surface area (Å²) in [6.07, 6.45) is 5.64. The first-order valence-corrected chi connectivity index (χ1v) is 8.53. The topological polar surface area (TPSA) is 84.0 Å². The van der Waals surface area contributed by atoms with Crippen molar-refractivity contribution in [3.8, 4) is 0 Å². The second-order valence-corrected chi connectivity index (χ2v) is 6.69. The number of carbonyl (C=O) groups excluding carboxylic acids is 1. The molecule has 1 aliphatic rings. The van der Waals surface area contributed by atoms with Crippen LogP contribution in [0.2, 0.25) is 0 Å². The number of anilines is 1. The van der Waals surface area contributed by atoms with E-state index in [1.54, 1.807) is 18.2 Å². The molecule has 0 spiro atoms. The minimum Gasteiger partial charge on any atom is -0.326 e. The molecule has 1 fully saturated rings. The predicted octanol–water partition coefficient (Wildman–Crippen LogP) is 2.79. The molecule has 0 aliphatic heterocycles. The Kier molecular flexibility index (Phi) is 4.55. The van der Waals surface area contributed by atoms with Gasteiger partial charge in [-0.1, -0.05) is 19.3 Å². The Morgan fingerprint density at radius 2 is 1.96 bits per heavy atom. The molecule has 0 unspecified atom stereocenters. The van der Waals surface area contributed by atoms with Gasteiger partial charge in [-0.05, 0) is 43.9 Å². The zero-order valence-electron chi connectivity index (χ0n) is 14.1. The molecule has 1 amide bonds. The van der Waals surface area contributed by atoms with Crippen LogP contribution in [0.25, 0.3) is 10.9 Å². The first-order valence-electron chi connectivity index (χ1n) is 8.53. The maximum atomic E-state index is 12.9. The van der Waals surface area contributed by atoms with E-state index in [0.717, 1.165) is 25.7 Å². The van der Waals surface area contributed by atoms with Crippen LogP contribution < -0.4 is 16.6 Å². The number of rotatable bonds is 3. The Morgan fingerprint density at radius 1 is 1.25 bits per heavy atom. The molecule has 0 bridgehead atoms. The number of benzene rings is 1. The van der Waals surface area contributed by atoms with Crippen LogP contribution in [0, 0.1) is 5.92 Å². The fourth-order valence-corrected chi connectivity index (χ4v) is 3.71. The smallest absolute Gasteiger partial charge is 0.326 e. The second-order valence-electron chi connectivity index (χ2n) is 6.69. The van der Waals surface area contributed by atoms with Crippen LogP contribution in [0.15, 0.2) is 27.8 Å². The third kappa shape index (κ3) is 3.13. The minimum absolute atomic E-state index is 0.129. The van der Waals surface area contributed by atoms with E-state index in [2.05, 4.69) is 10.3 Å². The van der Waals surface area contributed by atoms with E-state index in [1.807, 2.05) is 6.92 Å². The molecule has 1 atom stereocenters. The van der Waals surface area contributed by atoms with Crippen molar-refractivity contribution in [1.29, 1.82) is 0 Å². The summed E-state index contributed by atoms with van der Waals surface area (Å²) in [7, 11) is 0. The predicted molar refractivity (Wildman–Crippen MR) is 94.4 cm³/mol. The van der Waals surface area contributed by atoms with Gasteiger partial charge in [0, 0.05) is 18.7 Å². The standard InChI is InChI=1S/C18H23N3O3/c1-11(13-6-4-3-5-7-13)21-17(23)15-10-14(19-12(2)22)8-9-16(15)20-18(21)24/h8-11,13H,3-7H2,1-2H3,(H,19,22)(H,20,24)/t11-/m1/s1. The highest BCUT2D eigenvalue weighted by atomic mass is 16.2. The average Bonchev–Trinajstić information content (AvgIpc) is 2.55. The van der Waals surface area contributed by atoms with E-state index in [0.29, 0.717) is 22.5 Å². The maximum absolute atomic E-state index is 12.9. The van der Waals surface area contributed by atoms with E-state index in [1.165, 1.54) is 17.9 Å². The summed E-state index contributed by atoms with van der Waals surface area (Å²) in [4.78, 5) is 39.4. The molecule has 1 aromatic carbocycles. The van der Waals surface area contributed by atoms with Crippen molar-refractivity contribution in [2.45, 2.75) is 52.0 Å². The van der Waals surface area contributed by atoms with Gasteiger partial charge in [0.1, 0.15) is 0 Å². The van der Waals surface area contributed by atoms with Gasteiger partial charge in [0.25, 0.3) is 5.56 Å². The molecule has 128 valence electrons. The van der Waals surface area contributed by atoms with Crippen molar-refractivity contribution >= 4 is 22.5 Å². The molecule has 1 heterocycles. The molecule has 1 aliphatic carbocycles. The summed E-state index contributed by atoms with van der Waals surface area (Å²) >= 11 is 0. The maximum Gasteiger partial charge on any atom is 0.329 e. The largest absolute Gasteiger partial charge is 0.329 e. The third-order valence-electron chi connectivity index (χ3n) is 4.99. The van der Waals surface area contributed by atoms with Crippen LogP contribution in [0.3, 0.4) is 0 Å². The summed E-state index contributed by atoms with van der Waals surface area (Å²) in [5.74, 6) is 0.156. The number of fused-ring (bicyclic) bond motifs is 1. The quantitative estimate of drug-likeness (QED) is 0.908. The summed E-state index contributed by atoms with van der Waals surface area (Å²) < 4.78 is 1.34. The third-order valence-corrected chi connectivity index (χ3v) is 4.99. The van der Waals surface area contributed by atoms with Gasteiger partial charge in [-0.3, -0.25) is 14.2 Å². The fourth-order valence-electron chi connectivity index (χ4n) is 3.71. The Morgan fingerprint density at radius 3 is 2.62 bits per heavy atom. The first-order chi connectivity index (χ1) is 11.5. The number of carbonyl (C=O) groups is 1. The number of hydrogen-bond acceptors (Lipinski definition) is 3. The van der Waals surface area contributed by atoms with Crippen LogP contribution in [0.1, 0.15) is 52.0 Å². The zero-order chi connectivity index (χ0) is 17.3. The van der Waals surface area contributed by atoms with Gasteiger partial charge in [-0.15, -0.1) is 0 Å². The highest BCUT2D eigenvalue weighted by Gasteiger charge is 2.24. The molecular formula is C18H23N3O3. The molecule has 0 saturated heterocycles. The second kappa shape index (κ2) is 6.63. The molecule has 1 saturated carbocycles. The van der Waals surface area contributed by atoms with E-state index >= 15 is 0 Å². The van der Waals surface area contributed by atoms with E-state index in [9.17, 15) is 14.4 Å². The Bertz CT molecular complexity index is 875. The monoisotopic (exact) mass is 329 g/mol. The Balaban J connectivity index is 2.08. The number of amides is 1. The van der Waals surface area contributed by atoms with Gasteiger partial charge < -0.3 is 10.3 Å². The van der Waals surface area contributed by atoms with Crippen molar-refractivity contribution in [2.75, 3.05) is 5.32 Å². The fraction of sp³-hybridized carbons (Fsp3) is 0.500. The van der Waals surface area contributed by atoms with Crippen LogP contribution in [0.4, 0.5) is 5.69 Å². The first kappa shape index (κ1) is 16.5. The summed E-state index contributed by atoms with van der Waals surface area (Å²) in [6, 6.07) is 4.82. The van der Waals surface area contributed by atoms with E-state index in [-0.39, 0.29) is 23.2 Å². The SMILES string of the molecule is CC(=O)Nc1ccc2[nH]c(=O)n([C@H](C)C3CCCCC3)c(=O)c2c1. The number of H-pyrrole nitrogens is 1. The summed E-state index contributed by atoms with van der Waals surface area (Å²) in [6.45, 7) is 3.37. The van der Waals surface area contributed by atoms with Gasteiger partial charge >= 0.3 is 5.69 Å². The average molecular weight is 329 g/mol. The minimum atomic E-state index is -0.363. The molecular weight excluding hydrogens is 306 g/mol. The van der Waals surface area contributed by atoms with Gasteiger partial charge in [0.15, 0.2) is 0 Å². The highest BCUT2D eigenvalue weighted by Crippen LogP contribution is 2.31. The number of aromatic nitrogens is 2. The number of nitrogens with zero attached hydrogens (tertiary/aromatic N) is 1. The van der Waals surface area contributed by atoms with Crippen LogP contribution in [-0.2, 0) is 4.79 Å². The molecule has 6 heteroatoms. The van der Waals surface area contributed by atoms with Gasteiger partial charge in [-0.25, -0.2) is 4.79 Å². The molecule has 2 aromatic rings. The van der Waals surface area contributed by atoms with E-state index < -0.39 is 0 Å². The molecule has 2 N–H and O–H groups in total. The van der Waals surface area contributed by atoms with Crippen LogP contribution >= 0.6 is 0 Å². The molecule has 3 rings (SSSR count). The normalized spacial score (nSPS) is 16.9. The zero-order valence-corrected chi connectivity index (χ0v) is 14.1. The number of aromatic amines is 1. The molecule has 1 aromatic heterocycles. The van der Waals surface area contributed by atoms with E-state index in [4.69, 9.17) is 0 Å². The van der Waals surface area contributed by atoms with Gasteiger partial charge in [-0.2, -0.15) is 0 Å².